The Labute approximate surface area is 177 Å². The molecule has 2 N–H and O–H groups in total. The van der Waals surface area contributed by atoms with E-state index < -0.39 is 10.0 Å². The van der Waals surface area contributed by atoms with Gasteiger partial charge in [0.15, 0.2) is 5.13 Å². The van der Waals surface area contributed by atoms with Gasteiger partial charge in [-0.15, -0.1) is 11.3 Å². The van der Waals surface area contributed by atoms with Crippen molar-refractivity contribution in [3.05, 3.63) is 65.8 Å². The Hall–Kier alpha value is -3.37. The predicted octanol–water partition coefficient (Wildman–Crippen LogP) is 3.70. The lowest BCUT2D eigenvalue weighted by Crippen LogP contribution is -2.16. The lowest BCUT2D eigenvalue weighted by atomic mass is 10.2. The summed E-state index contributed by atoms with van der Waals surface area (Å²) in [6, 6.07) is 13.3. The van der Waals surface area contributed by atoms with Crippen LogP contribution in [-0.2, 0) is 17.1 Å². The summed E-state index contributed by atoms with van der Waals surface area (Å²) in [5, 5.41) is 5.65. The van der Waals surface area contributed by atoms with Gasteiger partial charge in [0.05, 0.1) is 12.0 Å². The van der Waals surface area contributed by atoms with E-state index in [1.165, 1.54) is 29.7 Å². The van der Waals surface area contributed by atoms with E-state index in [0.29, 0.717) is 22.3 Å². The fraction of sp³-hybridized carbons (Fsp3) is 0.100. The fourth-order valence-electron chi connectivity index (χ4n) is 3.03. The molecule has 154 valence electrons. The quantitative estimate of drug-likeness (QED) is 0.474. The van der Waals surface area contributed by atoms with Gasteiger partial charge in [-0.2, -0.15) is 0 Å². The third-order valence-corrected chi connectivity index (χ3v) is 6.73. The van der Waals surface area contributed by atoms with Crippen molar-refractivity contribution in [2.75, 3.05) is 17.1 Å². The largest absolute Gasteiger partial charge is 0.497 e. The third-order valence-electron chi connectivity index (χ3n) is 4.56. The average Bonchev–Trinajstić information content (AvgIpc) is 3.35. The minimum absolute atomic E-state index is 0.0763. The molecule has 30 heavy (non-hydrogen) atoms. The van der Waals surface area contributed by atoms with Crippen LogP contribution in [0.2, 0.25) is 0 Å². The monoisotopic (exact) mass is 442 g/mol. The van der Waals surface area contributed by atoms with Gasteiger partial charge in [0.2, 0.25) is 0 Å². The van der Waals surface area contributed by atoms with Gasteiger partial charge < -0.3 is 14.6 Å². The first-order chi connectivity index (χ1) is 14.4. The molecule has 4 rings (SSSR count). The highest BCUT2D eigenvalue weighted by Gasteiger charge is 2.17. The van der Waals surface area contributed by atoms with Gasteiger partial charge in [-0.25, -0.2) is 13.4 Å². The van der Waals surface area contributed by atoms with Crippen molar-refractivity contribution in [2.24, 2.45) is 7.05 Å². The number of amides is 1. The van der Waals surface area contributed by atoms with Gasteiger partial charge in [-0.1, -0.05) is 0 Å². The number of anilines is 2. The van der Waals surface area contributed by atoms with Crippen LogP contribution in [0.15, 0.2) is 65.0 Å². The second kappa shape index (κ2) is 7.81. The van der Waals surface area contributed by atoms with Crippen molar-refractivity contribution < 1.29 is 17.9 Å². The third kappa shape index (κ3) is 3.87. The highest BCUT2D eigenvalue weighted by atomic mass is 32.2. The number of methoxy groups -OCH3 is 1. The zero-order chi connectivity index (χ0) is 21.3. The molecule has 4 aromatic rings. The molecule has 0 saturated carbocycles. The van der Waals surface area contributed by atoms with Crippen LogP contribution in [0.25, 0.3) is 10.9 Å². The Balaban J connectivity index is 1.53. The minimum Gasteiger partial charge on any atom is -0.497 e. The van der Waals surface area contributed by atoms with E-state index in [9.17, 15) is 13.2 Å². The van der Waals surface area contributed by atoms with E-state index in [4.69, 9.17) is 4.74 Å². The van der Waals surface area contributed by atoms with E-state index >= 15 is 0 Å². The van der Waals surface area contributed by atoms with E-state index in [1.807, 2.05) is 25.2 Å². The molecule has 0 fully saturated rings. The second-order valence-corrected chi connectivity index (χ2v) is 9.01. The zero-order valence-corrected chi connectivity index (χ0v) is 17.8. The van der Waals surface area contributed by atoms with Crippen LogP contribution in [0.5, 0.6) is 5.75 Å². The number of hydrogen-bond acceptors (Lipinski definition) is 6. The summed E-state index contributed by atoms with van der Waals surface area (Å²) < 4.78 is 34.2. The summed E-state index contributed by atoms with van der Waals surface area (Å²) in [7, 11) is -0.342. The standard InChI is InChI=1S/C20H18N4O4S2/c1-24-17-8-5-15(28-2)11-13(17)12-18(24)19(25)22-14-3-6-16(7-4-14)30(26,27)23-20-21-9-10-29-20/h3-12H,1-2H3,(H,21,23)(H,22,25). The van der Waals surface area contributed by atoms with Gasteiger partial charge in [-0.3, -0.25) is 9.52 Å². The highest BCUT2D eigenvalue weighted by Crippen LogP contribution is 2.25. The summed E-state index contributed by atoms with van der Waals surface area (Å²) in [4.78, 5) is 16.7. The number of benzene rings is 2. The zero-order valence-electron chi connectivity index (χ0n) is 16.1. The van der Waals surface area contributed by atoms with Crippen molar-refractivity contribution in [2.45, 2.75) is 4.90 Å². The summed E-state index contributed by atoms with van der Waals surface area (Å²) in [5.74, 6) is 0.410. The minimum atomic E-state index is -3.74. The highest BCUT2D eigenvalue weighted by molar-refractivity contribution is 7.93. The summed E-state index contributed by atoms with van der Waals surface area (Å²) >= 11 is 1.19. The maximum atomic E-state index is 12.8. The second-order valence-electron chi connectivity index (χ2n) is 6.43. The number of aryl methyl sites for hydroxylation is 1. The molecule has 10 heteroatoms. The summed E-state index contributed by atoms with van der Waals surface area (Å²) in [6.45, 7) is 0. The molecule has 0 aliphatic carbocycles. The molecule has 1 amide bonds. The molecule has 0 aliphatic rings. The molecule has 0 bridgehead atoms. The van der Waals surface area contributed by atoms with E-state index in [2.05, 4.69) is 15.0 Å². The van der Waals surface area contributed by atoms with Crippen LogP contribution in [0, 0.1) is 0 Å². The van der Waals surface area contributed by atoms with Crippen molar-refractivity contribution in [3.63, 3.8) is 0 Å². The molecule has 0 unspecified atom stereocenters. The van der Waals surface area contributed by atoms with Gasteiger partial charge in [0.1, 0.15) is 11.4 Å². The van der Waals surface area contributed by atoms with Gasteiger partial charge in [0.25, 0.3) is 15.9 Å². The van der Waals surface area contributed by atoms with Crippen LogP contribution >= 0.6 is 11.3 Å². The summed E-state index contributed by atoms with van der Waals surface area (Å²) in [6.07, 6.45) is 1.52. The first-order valence-corrected chi connectivity index (χ1v) is 11.2. The Kier molecular flexibility index (Phi) is 5.18. The molecule has 8 nitrogen and oxygen atoms in total. The Morgan fingerprint density at radius 3 is 2.57 bits per heavy atom. The number of carbonyl (C=O) groups excluding carboxylic acids is 1. The Morgan fingerprint density at radius 2 is 1.90 bits per heavy atom. The van der Waals surface area contributed by atoms with Crippen LogP contribution in [0.4, 0.5) is 10.8 Å². The number of thiazole rings is 1. The van der Waals surface area contributed by atoms with Crippen LogP contribution in [-0.4, -0.2) is 31.0 Å². The van der Waals surface area contributed by atoms with Crippen LogP contribution in [0.3, 0.4) is 0 Å². The number of nitrogens with one attached hydrogen (secondary N) is 2. The van der Waals surface area contributed by atoms with Gasteiger partial charge in [0, 0.05) is 35.2 Å². The predicted molar refractivity (Wildman–Crippen MR) is 117 cm³/mol. The number of sulfonamides is 1. The molecule has 0 atom stereocenters. The molecule has 0 saturated heterocycles. The van der Waals surface area contributed by atoms with E-state index in [0.717, 1.165) is 10.9 Å². The van der Waals surface area contributed by atoms with Crippen molar-refractivity contribution in [3.8, 4) is 5.75 Å². The average molecular weight is 443 g/mol. The number of fused-ring (bicyclic) bond motifs is 1. The van der Waals surface area contributed by atoms with E-state index in [1.54, 1.807) is 35.3 Å². The molecule has 2 heterocycles. The first kappa shape index (κ1) is 19.9. The SMILES string of the molecule is COc1ccc2c(c1)cc(C(=O)Nc1ccc(S(=O)(=O)Nc3nccs3)cc1)n2C. The van der Waals surface area contributed by atoms with Crippen molar-refractivity contribution in [1.29, 1.82) is 0 Å². The number of hydrogen-bond donors (Lipinski definition) is 2. The number of nitrogens with zero attached hydrogens (tertiary/aromatic N) is 2. The van der Waals surface area contributed by atoms with E-state index in [-0.39, 0.29) is 10.8 Å². The first-order valence-electron chi connectivity index (χ1n) is 8.84. The lowest BCUT2D eigenvalue weighted by molar-refractivity contribution is 0.101. The van der Waals surface area contributed by atoms with Crippen molar-refractivity contribution >= 4 is 49.0 Å². The number of ether oxygens (including phenoxy) is 1. The Morgan fingerprint density at radius 1 is 1.13 bits per heavy atom. The maximum absolute atomic E-state index is 12.8. The molecule has 0 radical (unpaired) electrons. The molecule has 0 aliphatic heterocycles. The normalized spacial score (nSPS) is 11.4. The van der Waals surface area contributed by atoms with Crippen LogP contribution in [0.1, 0.15) is 10.5 Å². The topological polar surface area (TPSA) is 102 Å². The number of rotatable bonds is 6. The van der Waals surface area contributed by atoms with Crippen molar-refractivity contribution in [1.82, 2.24) is 9.55 Å². The molecular formula is C20H18N4O4S2. The Bertz CT molecular complexity index is 1310. The molecule has 2 aromatic carbocycles. The fourth-order valence-corrected chi connectivity index (χ4v) is 4.82. The maximum Gasteiger partial charge on any atom is 0.272 e. The van der Waals surface area contributed by atoms with Gasteiger partial charge >= 0.3 is 0 Å². The summed E-state index contributed by atoms with van der Waals surface area (Å²) in [5.41, 5.74) is 1.85. The molecule has 2 aromatic heterocycles. The molecular weight excluding hydrogens is 424 g/mol. The lowest BCUT2D eigenvalue weighted by Gasteiger charge is -2.09. The van der Waals surface area contributed by atoms with Gasteiger partial charge in [-0.05, 0) is 48.5 Å². The number of carbonyl (C=O) groups is 1. The number of aromatic nitrogens is 2. The smallest absolute Gasteiger partial charge is 0.272 e. The molecule has 0 spiro atoms. The van der Waals surface area contributed by atoms with Crippen LogP contribution < -0.4 is 14.8 Å².